The van der Waals surface area contributed by atoms with Crippen LogP contribution in [0.5, 0.6) is 0 Å². The standard InChI is InChI=1S/C42H32N2O/c1-3-4-6-17-34-29(2)45-42-38(34)20-13-22-40(42)43(31-15-7-5-8-16-31)32-24-26-33(27-25-32)44-39-21-12-11-19-36(39)37-28-23-30-14-9-10-18-35(30)41(37)44/h3,5-28H,1,4H2,2H3/b17-6-. The van der Waals surface area contributed by atoms with E-state index in [1.807, 2.05) is 13.0 Å². The van der Waals surface area contributed by atoms with E-state index in [2.05, 4.69) is 162 Å². The first-order valence-corrected chi connectivity index (χ1v) is 15.4. The molecule has 8 rings (SSSR count). The number of hydrogen-bond donors (Lipinski definition) is 0. The molecule has 2 heterocycles. The van der Waals surface area contributed by atoms with Gasteiger partial charge in [-0.05, 0) is 67.3 Å². The molecule has 3 nitrogen and oxygen atoms in total. The summed E-state index contributed by atoms with van der Waals surface area (Å²) in [6.07, 6.45) is 6.99. The number of aromatic nitrogens is 1. The fourth-order valence-electron chi connectivity index (χ4n) is 6.66. The normalized spacial score (nSPS) is 11.8. The summed E-state index contributed by atoms with van der Waals surface area (Å²) in [6.45, 7) is 5.89. The molecule has 0 fully saturated rings. The molecular formula is C42H32N2O. The highest BCUT2D eigenvalue weighted by atomic mass is 16.3. The molecule has 0 aliphatic rings. The van der Waals surface area contributed by atoms with Crippen LogP contribution in [0.3, 0.4) is 0 Å². The predicted molar refractivity (Wildman–Crippen MR) is 191 cm³/mol. The summed E-state index contributed by atoms with van der Waals surface area (Å²) in [5, 5.41) is 6.10. The summed E-state index contributed by atoms with van der Waals surface area (Å²) in [7, 11) is 0. The zero-order valence-electron chi connectivity index (χ0n) is 25.2. The number of furan rings is 1. The molecule has 6 aromatic carbocycles. The zero-order chi connectivity index (χ0) is 30.3. The van der Waals surface area contributed by atoms with Crippen LogP contribution >= 0.6 is 0 Å². The quantitative estimate of drug-likeness (QED) is 0.175. The molecule has 0 aliphatic heterocycles. The van der Waals surface area contributed by atoms with E-state index in [1.165, 1.54) is 32.6 Å². The van der Waals surface area contributed by atoms with Crippen LogP contribution in [0.1, 0.15) is 17.7 Å². The second kappa shape index (κ2) is 11.0. The Morgan fingerprint density at radius 3 is 2.20 bits per heavy atom. The number of fused-ring (bicyclic) bond motifs is 6. The molecule has 0 amide bonds. The molecular weight excluding hydrogens is 548 g/mol. The molecule has 8 aromatic rings. The Morgan fingerprint density at radius 1 is 0.667 bits per heavy atom. The van der Waals surface area contributed by atoms with Crippen molar-refractivity contribution < 1.29 is 4.42 Å². The van der Waals surface area contributed by atoms with E-state index in [0.29, 0.717) is 0 Å². The van der Waals surface area contributed by atoms with Crippen LogP contribution in [0.25, 0.3) is 55.3 Å². The van der Waals surface area contributed by atoms with Crippen molar-refractivity contribution in [2.24, 2.45) is 0 Å². The van der Waals surface area contributed by atoms with Gasteiger partial charge in [0.15, 0.2) is 5.58 Å². The highest BCUT2D eigenvalue weighted by molar-refractivity contribution is 6.18. The predicted octanol–water partition coefficient (Wildman–Crippen LogP) is 12.1. The van der Waals surface area contributed by atoms with Crippen LogP contribution in [0, 0.1) is 6.92 Å². The Labute approximate surface area is 262 Å². The van der Waals surface area contributed by atoms with Crippen molar-refractivity contribution in [2.75, 3.05) is 4.90 Å². The van der Waals surface area contributed by atoms with Gasteiger partial charge < -0.3 is 13.9 Å². The summed E-state index contributed by atoms with van der Waals surface area (Å²) < 4.78 is 8.89. The molecule has 0 spiro atoms. The number of hydrogen-bond acceptors (Lipinski definition) is 2. The Kier molecular flexibility index (Phi) is 6.57. The lowest BCUT2D eigenvalue weighted by Gasteiger charge is -2.25. The van der Waals surface area contributed by atoms with Gasteiger partial charge >= 0.3 is 0 Å². The fourth-order valence-corrected chi connectivity index (χ4v) is 6.66. The van der Waals surface area contributed by atoms with Crippen LogP contribution in [-0.2, 0) is 0 Å². The van der Waals surface area contributed by atoms with Gasteiger partial charge in [0.05, 0.1) is 16.7 Å². The third-order valence-corrected chi connectivity index (χ3v) is 8.69. The summed E-state index contributed by atoms with van der Waals surface area (Å²) in [5.74, 6) is 0.903. The monoisotopic (exact) mass is 580 g/mol. The van der Waals surface area contributed by atoms with Gasteiger partial charge in [-0.2, -0.15) is 0 Å². The second-order valence-electron chi connectivity index (χ2n) is 11.4. The first kappa shape index (κ1) is 26.8. The van der Waals surface area contributed by atoms with Crippen LogP contribution < -0.4 is 4.90 Å². The summed E-state index contributed by atoms with van der Waals surface area (Å²) >= 11 is 0. The summed E-state index contributed by atoms with van der Waals surface area (Å²) in [6, 6.07) is 47.6. The van der Waals surface area contributed by atoms with Crippen molar-refractivity contribution in [1.82, 2.24) is 4.57 Å². The topological polar surface area (TPSA) is 21.3 Å². The molecule has 45 heavy (non-hydrogen) atoms. The van der Waals surface area contributed by atoms with Gasteiger partial charge in [0, 0.05) is 44.2 Å². The third-order valence-electron chi connectivity index (χ3n) is 8.69. The number of benzene rings is 6. The minimum Gasteiger partial charge on any atom is -0.459 e. The van der Waals surface area contributed by atoms with Gasteiger partial charge in [0.25, 0.3) is 0 Å². The van der Waals surface area contributed by atoms with Crippen LogP contribution in [-0.4, -0.2) is 4.57 Å². The average molecular weight is 581 g/mol. The van der Waals surface area contributed by atoms with Gasteiger partial charge in [0.2, 0.25) is 0 Å². The average Bonchev–Trinajstić information content (AvgIpc) is 3.60. The van der Waals surface area contributed by atoms with E-state index in [0.717, 1.165) is 51.5 Å². The van der Waals surface area contributed by atoms with E-state index in [9.17, 15) is 0 Å². The first-order chi connectivity index (χ1) is 22.2. The van der Waals surface area contributed by atoms with Crippen molar-refractivity contribution in [1.29, 1.82) is 0 Å². The largest absolute Gasteiger partial charge is 0.459 e. The van der Waals surface area contributed by atoms with E-state index in [-0.39, 0.29) is 0 Å². The Balaban J connectivity index is 1.31. The van der Waals surface area contributed by atoms with Gasteiger partial charge in [-0.3, -0.25) is 0 Å². The van der Waals surface area contributed by atoms with Gasteiger partial charge in [-0.15, -0.1) is 6.58 Å². The number of allylic oxidation sites excluding steroid dienone is 2. The fraction of sp³-hybridized carbons (Fsp3) is 0.0476. The van der Waals surface area contributed by atoms with Gasteiger partial charge in [-0.25, -0.2) is 0 Å². The zero-order valence-corrected chi connectivity index (χ0v) is 25.2. The number of aryl methyl sites for hydroxylation is 1. The number of rotatable bonds is 7. The van der Waals surface area contributed by atoms with E-state index in [1.54, 1.807) is 0 Å². The van der Waals surface area contributed by atoms with Gasteiger partial charge in [0.1, 0.15) is 5.76 Å². The highest BCUT2D eigenvalue weighted by Crippen LogP contribution is 2.42. The number of para-hydroxylation sites is 3. The molecule has 2 aromatic heterocycles. The maximum Gasteiger partial charge on any atom is 0.158 e. The second-order valence-corrected chi connectivity index (χ2v) is 11.4. The molecule has 0 saturated carbocycles. The minimum atomic E-state index is 0.816. The highest BCUT2D eigenvalue weighted by Gasteiger charge is 2.20. The molecule has 216 valence electrons. The summed E-state index contributed by atoms with van der Waals surface area (Å²) in [5.41, 5.74) is 8.65. The maximum absolute atomic E-state index is 6.48. The van der Waals surface area contributed by atoms with Crippen molar-refractivity contribution in [2.45, 2.75) is 13.3 Å². The van der Waals surface area contributed by atoms with Crippen molar-refractivity contribution in [3.63, 3.8) is 0 Å². The Morgan fingerprint density at radius 2 is 1.38 bits per heavy atom. The van der Waals surface area contributed by atoms with Gasteiger partial charge in [-0.1, -0.05) is 103 Å². The van der Waals surface area contributed by atoms with Crippen LogP contribution in [0.4, 0.5) is 17.1 Å². The SMILES string of the molecule is C=CC/C=C\c1c(C)oc2c(N(c3ccccc3)c3ccc(-n4c5ccccc5c5ccc6ccccc6c54)cc3)cccc12. The lowest BCUT2D eigenvalue weighted by Crippen LogP contribution is -2.10. The van der Waals surface area contributed by atoms with Crippen molar-refractivity contribution in [3.05, 3.63) is 164 Å². The molecule has 0 unspecified atom stereocenters. The lowest BCUT2D eigenvalue weighted by molar-refractivity contribution is 0.578. The number of anilines is 3. The lowest BCUT2D eigenvalue weighted by atomic mass is 10.1. The van der Waals surface area contributed by atoms with E-state index in [4.69, 9.17) is 4.42 Å². The Bertz CT molecular complexity index is 2370. The van der Waals surface area contributed by atoms with E-state index < -0.39 is 0 Å². The third kappa shape index (κ3) is 4.44. The Hall–Kier alpha value is -5.80. The first-order valence-electron chi connectivity index (χ1n) is 15.4. The number of nitrogens with zero attached hydrogens (tertiary/aromatic N) is 2. The minimum absolute atomic E-state index is 0.816. The molecule has 0 radical (unpaired) electrons. The van der Waals surface area contributed by atoms with Crippen molar-refractivity contribution in [3.8, 4) is 5.69 Å². The molecule has 3 heteroatoms. The molecule has 0 atom stereocenters. The molecule has 0 bridgehead atoms. The summed E-state index contributed by atoms with van der Waals surface area (Å²) in [4.78, 5) is 2.29. The van der Waals surface area contributed by atoms with Crippen molar-refractivity contribution >= 4 is 66.7 Å². The maximum atomic E-state index is 6.48. The van der Waals surface area contributed by atoms with E-state index >= 15 is 0 Å². The van der Waals surface area contributed by atoms with Crippen LogP contribution in [0.15, 0.2) is 157 Å². The molecule has 0 aliphatic carbocycles. The molecule has 0 N–H and O–H groups in total. The van der Waals surface area contributed by atoms with Crippen LogP contribution in [0.2, 0.25) is 0 Å². The molecule has 0 saturated heterocycles. The smallest absolute Gasteiger partial charge is 0.158 e.